The first-order valence-electron chi connectivity index (χ1n) is 13.6. The second kappa shape index (κ2) is 9.09. The number of sulfonamides is 1. The van der Waals surface area contributed by atoms with E-state index in [9.17, 15) is 13.2 Å². The number of aromatic amines is 1. The number of hydrogen-bond donors (Lipinski definition) is 1. The molecule has 9 heteroatoms. The lowest BCUT2D eigenvalue weighted by molar-refractivity contribution is 0.0223. The van der Waals surface area contributed by atoms with Crippen LogP contribution in [-0.2, 0) is 27.7 Å². The first kappa shape index (κ1) is 25.4. The Hall–Kier alpha value is -2.91. The van der Waals surface area contributed by atoms with Crippen molar-refractivity contribution in [2.75, 3.05) is 13.1 Å². The maximum atomic E-state index is 13.2. The molecule has 1 unspecified atom stereocenters. The number of aryl methyl sites for hydroxylation is 1. The molecule has 0 spiro atoms. The van der Waals surface area contributed by atoms with Crippen molar-refractivity contribution in [3.63, 3.8) is 0 Å². The van der Waals surface area contributed by atoms with E-state index in [1.807, 2.05) is 38.1 Å². The molecule has 1 saturated heterocycles. The first-order valence-corrected chi connectivity index (χ1v) is 15.1. The van der Waals surface area contributed by atoms with Gasteiger partial charge in [-0.05, 0) is 99.7 Å². The number of H-pyrrole nitrogens is 1. The van der Waals surface area contributed by atoms with Crippen molar-refractivity contribution in [3.8, 4) is 11.1 Å². The highest BCUT2D eigenvalue weighted by molar-refractivity contribution is 7.90. The van der Waals surface area contributed by atoms with Crippen LogP contribution in [0.1, 0.15) is 74.8 Å². The highest BCUT2D eigenvalue weighted by Crippen LogP contribution is 2.42. The summed E-state index contributed by atoms with van der Waals surface area (Å²) in [7, 11) is -3.30. The van der Waals surface area contributed by atoms with E-state index in [1.165, 1.54) is 0 Å². The summed E-state index contributed by atoms with van der Waals surface area (Å²) >= 11 is 0. The van der Waals surface area contributed by atoms with Gasteiger partial charge >= 0.3 is 6.09 Å². The predicted molar refractivity (Wildman–Crippen MR) is 147 cm³/mol. The monoisotopic (exact) mass is 536 g/mol. The second-order valence-electron chi connectivity index (χ2n) is 12.0. The molecule has 8 nitrogen and oxygen atoms in total. The first-order chi connectivity index (χ1) is 18.0. The fourth-order valence-corrected chi connectivity index (χ4v) is 7.66. The Kier molecular flexibility index (Phi) is 6.07. The average molecular weight is 537 g/mol. The van der Waals surface area contributed by atoms with Crippen LogP contribution < -0.4 is 0 Å². The number of rotatable bonds is 4. The van der Waals surface area contributed by atoms with Crippen LogP contribution in [0.2, 0.25) is 0 Å². The van der Waals surface area contributed by atoms with Gasteiger partial charge in [-0.2, -0.15) is 4.31 Å². The largest absolute Gasteiger partial charge is 0.444 e. The molecule has 3 aliphatic rings. The Bertz CT molecular complexity index is 1520. The van der Waals surface area contributed by atoms with Gasteiger partial charge in [0.15, 0.2) is 0 Å². The molecule has 2 aliphatic heterocycles. The summed E-state index contributed by atoms with van der Waals surface area (Å²) in [4.78, 5) is 22.9. The van der Waals surface area contributed by atoms with Gasteiger partial charge in [0.05, 0.1) is 11.3 Å². The van der Waals surface area contributed by atoms with Crippen LogP contribution in [0, 0.1) is 6.92 Å². The van der Waals surface area contributed by atoms with E-state index in [-0.39, 0.29) is 17.4 Å². The topological polar surface area (TPSA) is 95.6 Å². The molecule has 1 N–H and O–H groups in total. The molecule has 2 fully saturated rings. The molecule has 1 amide bonds. The average Bonchev–Trinajstić information content (AvgIpc) is 3.52. The van der Waals surface area contributed by atoms with Crippen molar-refractivity contribution in [1.82, 2.24) is 19.2 Å². The molecule has 0 bridgehead atoms. The summed E-state index contributed by atoms with van der Waals surface area (Å²) in [5.41, 5.74) is 6.69. The molecule has 1 atom stereocenters. The maximum Gasteiger partial charge on any atom is 0.410 e. The van der Waals surface area contributed by atoms with Crippen molar-refractivity contribution in [3.05, 3.63) is 52.8 Å². The maximum absolute atomic E-state index is 13.2. The van der Waals surface area contributed by atoms with E-state index < -0.39 is 15.6 Å². The number of ether oxygens (including phenoxy) is 1. The molecular weight excluding hydrogens is 500 g/mol. The lowest BCUT2D eigenvalue weighted by Crippen LogP contribution is -2.40. The van der Waals surface area contributed by atoms with Gasteiger partial charge < -0.3 is 14.6 Å². The van der Waals surface area contributed by atoms with E-state index in [2.05, 4.69) is 35.1 Å². The Morgan fingerprint density at radius 3 is 2.63 bits per heavy atom. The zero-order chi connectivity index (χ0) is 26.8. The number of fused-ring (bicyclic) bond motifs is 2. The van der Waals surface area contributed by atoms with Gasteiger partial charge in [0.1, 0.15) is 11.2 Å². The van der Waals surface area contributed by atoms with Crippen LogP contribution in [0.25, 0.3) is 22.2 Å². The van der Waals surface area contributed by atoms with Gasteiger partial charge in [0, 0.05) is 43.0 Å². The molecule has 1 saturated carbocycles. The van der Waals surface area contributed by atoms with E-state index in [0.29, 0.717) is 26.1 Å². The molecule has 38 heavy (non-hydrogen) atoms. The lowest BCUT2D eigenvalue weighted by Gasteiger charge is -2.34. The summed E-state index contributed by atoms with van der Waals surface area (Å²) in [6.45, 7) is 9.18. The van der Waals surface area contributed by atoms with Gasteiger partial charge in [-0.25, -0.2) is 18.2 Å². The van der Waals surface area contributed by atoms with Gasteiger partial charge in [-0.15, -0.1) is 0 Å². The smallest absolute Gasteiger partial charge is 0.410 e. The number of benzene rings is 1. The van der Waals surface area contributed by atoms with Crippen molar-refractivity contribution in [2.45, 2.75) is 83.2 Å². The molecular formula is C29H36N4O4S. The minimum Gasteiger partial charge on any atom is -0.444 e. The summed E-state index contributed by atoms with van der Waals surface area (Å²) in [6, 6.07) is 6.35. The van der Waals surface area contributed by atoms with Gasteiger partial charge in [-0.1, -0.05) is 6.07 Å². The molecule has 202 valence electrons. The van der Waals surface area contributed by atoms with E-state index in [4.69, 9.17) is 4.74 Å². The third-order valence-electron chi connectivity index (χ3n) is 7.96. The van der Waals surface area contributed by atoms with Crippen LogP contribution in [0.4, 0.5) is 4.79 Å². The Morgan fingerprint density at radius 1 is 1.11 bits per heavy atom. The number of hydrogen-bond acceptors (Lipinski definition) is 5. The number of aromatic nitrogens is 2. The Morgan fingerprint density at radius 2 is 1.89 bits per heavy atom. The van der Waals surface area contributed by atoms with Crippen LogP contribution in [0.5, 0.6) is 0 Å². The number of pyridine rings is 1. The molecule has 6 rings (SSSR count). The van der Waals surface area contributed by atoms with Crippen LogP contribution in [0.15, 0.2) is 30.6 Å². The third kappa shape index (κ3) is 4.60. The lowest BCUT2D eigenvalue weighted by atomic mass is 9.87. The van der Waals surface area contributed by atoms with Crippen LogP contribution >= 0.6 is 0 Å². The normalized spacial score (nSPS) is 20.6. The Balaban J connectivity index is 1.44. The summed E-state index contributed by atoms with van der Waals surface area (Å²) in [5, 5.41) is 0.846. The van der Waals surface area contributed by atoms with Crippen LogP contribution in [0.3, 0.4) is 0 Å². The number of likely N-dealkylation sites (tertiary alicyclic amines) is 1. The quantitative estimate of drug-likeness (QED) is 0.478. The standard InChI is InChI=1S/C29H36N4O4S/c1-18-15-30-27-23(18)14-21(16-31-27)20-12-19-9-11-32(38(35,36)22-7-8-22)17-25(19)24(13-20)26-6-5-10-33(26)28(34)37-29(2,3)4/h12-16,22,26H,5-11,17H2,1-4H3,(H,30,31). The minimum atomic E-state index is -3.30. The van der Waals surface area contributed by atoms with Gasteiger partial charge in [0.2, 0.25) is 10.0 Å². The second-order valence-corrected chi connectivity index (χ2v) is 14.2. The number of carbonyl (C=O) groups excluding carboxylic acids is 1. The zero-order valence-corrected chi connectivity index (χ0v) is 23.4. The van der Waals surface area contributed by atoms with Crippen molar-refractivity contribution >= 4 is 27.1 Å². The van der Waals surface area contributed by atoms with E-state index >= 15 is 0 Å². The molecule has 1 aliphatic carbocycles. The number of nitrogens with one attached hydrogen (secondary N) is 1. The fraction of sp³-hybridized carbons (Fsp3) is 0.517. The van der Waals surface area contributed by atoms with Crippen molar-refractivity contribution in [1.29, 1.82) is 0 Å². The molecule has 0 radical (unpaired) electrons. The fourth-order valence-electron chi connectivity index (χ4n) is 5.85. The predicted octanol–water partition coefficient (Wildman–Crippen LogP) is 5.46. The molecule has 4 heterocycles. The molecule has 1 aromatic carbocycles. The minimum absolute atomic E-state index is 0.159. The van der Waals surface area contributed by atoms with E-state index in [0.717, 1.165) is 70.1 Å². The highest BCUT2D eigenvalue weighted by Gasteiger charge is 2.42. The molecule has 2 aromatic heterocycles. The highest BCUT2D eigenvalue weighted by atomic mass is 32.2. The number of carbonyl (C=O) groups is 1. The summed E-state index contributed by atoms with van der Waals surface area (Å²) in [5.74, 6) is 0. The van der Waals surface area contributed by atoms with Gasteiger partial charge in [0.25, 0.3) is 0 Å². The summed E-state index contributed by atoms with van der Waals surface area (Å²) < 4.78 is 33.8. The van der Waals surface area contributed by atoms with Gasteiger partial charge in [-0.3, -0.25) is 0 Å². The van der Waals surface area contributed by atoms with Crippen LogP contribution in [-0.4, -0.2) is 57.6 Å². The summed E-state index contributed by atoms with van der Waals surface area (Å²) in [6.07, 6.45) is 7.38. The number of amides is 1. The molecule has 3 aromatic rings. The zero-order valence-electron chi connectivity index (χ0n) is 22.6. The third-order valence-corrected chi connectivity index (χ3v) is 10.3. The van der Waals surface area contributed by atoms with Crippen molar-refractivity contribution in [2.24, 2.45) is 0 Å². The van der Waals surface area contributed by atoms with E-state index in [1.54, 1.807) is 4.31 Å². The number of nitrogens with zero attached hydrogens (tertiary/aromatic N) is 3. The SMILES string of the molecule is Cc1c[nH]c2ncc(-c3cc4c(c(C5CCCN5C(=O)OC(C)(C)C)c3)CN(S(=O)(=O)C3CC3)CC4)cc12. The van der Waals surface area contributed by atoms with Crippen molar-refractivity contribution < 1.29 is 17.9 Å². The Labute approximate surface area is 224 Å².